The number of carbonyl (C=O) groups is 2. The SMILES string of the molecule is COC(=O)c1ccccc1NC(=O)Nc1ccc(C(F)(F)F)cc1.Cl. The second-order valence-corrected chi connectivity index (χ2v) is 4.69. The molecule has 0 spiro atoms. The summed E-state index contributed by atoms with van der Waals surface area (Å²) in [7, 11) is 1.21. The Bertz CT molecular complexity index is 749. The summed E-state index contributed by atoms with van der Waals surface area (Å²) >= 11 is 0. The first-order valence-electron chi connectivity index (χ1n) is 6.74. The number of hydrogen-bond acceptors (Lipinski definition) is 3. The van der Waals surface area contributed by atoms with Gasteiger partial charge in [-0.15, -0.1) is 12.4 Å². The Morgan fingerprint density at radius 2 is 1.56 bits per heavy atom. The van der Waals surface area contributed by atoms with Gasteiger partial charge in [0.05, 0.1) is 23.9 Å². The summed E-state index contributed by atoms with van der Waals surface area (Å²) in [6, 6.07) is 9.47. The molecule has 25 heavy (non-hydrogen) atoms. The smallest absolute Gasteiger partial charge is 0.416 e. The van der Waals surface area contributed by atoms with E-state index in [2.05, 4.69) is 15.4 Å². The van der Waals surface area contributed by atoms with Crippen LogP contribution in [0.4, 0.5) is 29.3 Å². The van der Waals surface area contributed by atoms with Gasteiger partial charge >= 0.3 is 18.2 Å². The van der Waals surface area contributed by atoms with Gasteiger partial charge in [-0.3, -0.25) is 0 Å². The van der Waals surface area contributed by atoms with Gasteiger partial charge in [0, 0.05) is 5.69 Å². The molecule has 9 heteroatoms. The van der Waals surface area contributed by atoms with Crippen molar-refractivity contribution in [1.29, 1.82) is 0 Å². The van der Waals surface area contributed by atoms with E-state index in [1.165, 1.54) is 19.2 Å². The highest BCUT2D eigenvalue weighted by Crippen LogP contribution is 2.29. The van der Waals surface area contributed by atoms with Crippen LogP contribution in [-0.2, 0) is 10.9 Å². The number of nitrogens with one attached hydrogen (secondary N) is 2. The molecule has 0 radical (unpaired) electrons. The van der Waals surface area contributed by atoms with Crippen LogP contribution in [0.1, 0.15) is 15.9 Å². The summed E-state index contributed by atoms with van der Waals surface area (Å²) in [6.07, 6.45) is -4.44. The van der Waals surface area contributed by atoms with E-state index in [0.717, 1.165) is 24.3 Å². The molecule has 0 saturated carbocycles. The maximum Gasteiger partial charge on any atom is 0.416 e. The predicted octanol–water partition coefficient (Wildman–Crippen LogP) is 4.56. The zero-order valence-corrected chi connectivity index (χ0v) is 13.7. The Morgan fingerprint density at radius 3 is 2.12 bits per heavy atom. The fourth-order valence-electron chi connectivity index (χ4n) is 1.91. The normalized spacial score (nSPS) is 10.4. The van der Waals surface area contributed by atoms with Gasteiger partial charge in [0.2, 0.25) is 0 Å². The van der Waals surface area contributed by atoms with E-state index >= 15 is 0 Å². The van der Waals surface area contributed by atoms with Crippen molar-refractivity contribution in [2.24, 2.45) is 0 Å². The minimum absolute atomic E-state index is 0. The van der Waals surface area contributed by atoms with E-state index in [4.69, 9.17) is 0 Å². The Kier molecular flexibility index (Phi) is 6.81. The van der Waals surface area contributed by atoms with Crippen LogP contribution < -0.4 is 10.6 Å². The molecule has 0 aliphatic carbocycles. The third-order valence-corrected chi connectivity index (χ3v) is 3.05. The minimum atomic E-state index is -4.44. The van der Waals surface area contributed by atoms with Crippen molar-refractivity contribution in [3.8, 4) is 0 Å². The Hall–Kier alpha value is -2.74. The predicted molar refractivity (Wildman–Crippen MR) is 89.1 cm³/mol. The van der Waals surface area contributed by atoms with Crippen molar-refractivity contribution in [2.45, 2.75) is 6.18 Å². The summed E-state index contributed by atoms with van der Waals surface area (Å²) in [5.41, 5.74) is -0.267. The van der Waals surface area contributed by atoms with Crippen molar-refractivity contribution in [2.75, 3.05) is 17.7 Å². The molecule has 0 aromatic heterocycles. The number of ether oxygens (including phenoxy) is 1. The number of anilines is 2. The molecule has 5 nitrogen and oxygen atoms in total. The second kappa shape index (κ2) is 8.39. The molecule has 0 saturated heterocycles. The highest BCUT2D eigenvalue weighted by atomic mass is 35.5. The van der Waals surface area contributed by atoms with Gasteiger partial charge in [-0.25, -0.2) is 9.59 Å². The van der Waals surface area contributed by atoms with Gasteiger partial charge in [-0.05, 0) is 36.4 Å². The molecular weight excluding hydrogens is 361 g/mol. The second-order valence-electron chi connectivity index (χ2n) is 4.69. The molecule has 134 valence electrons. The van der Waals surface area contributed by atoms with Crippen LogP contribution >= 0.6 is 12.4 Å². The molecule has 0 unspecified atom stereocenters. The Balaban J connectivity index is 0.00000312. The fourth-order valence-corrected chi connectivity index (χ4v) is 1.91. The zero-order chi connectivity index (χ0) is 17.7. The van der Waals surface area contributed by atoms with Crippen LogP contribution in [0.15, 0.2) is 48.5 Å². The maximum atomic E-state index is 12.5. The van der Waals surface area contributed by atoms with Crippen LogP contribution in [-0.4, -0.2) is 19.1 Å². The molecule has 2 N–H and O–H groups in total. The average Bonchev–Trinajstić information content (AvgIpc) is 2.54. The Morgan fingerprint density at radius 1 is 0.960 bits per heavy atom. The van der Waals surface area contributed by atoms with E-state index in [1.807, 2.05) is 0 Å². The number of esters is 1. The molecule has 0 bridgehead atoms. The molecular formula is C16H14ClF3N2O3. The lowest BCUT2D eigenvalue weighted by atomic mass is 10.2. The number of amides is 2. The molecule has 0 atom stereocenters. The summed E-state index contributed by atoms with van der Waals surface area (Å²) in [5, 5.41) is 4.83. The summed E-state index contributed by atoms with van der Waals surface area (Å²) in [4.78, 5) is 23.5. The quantitative estimate of drug-likeness (QED) is 0.774. The number of methoxy groups -OCH3 is 1. The van der Waals surface area contributed by atoms with Gasteiger partial charge in [-0.2, -0.15) is 13.2 Å². The first-order chi connectivity index (χ1) is 11.3. The number of halogens is 4. The minimum Gasteiger partial charge on any atom is -0.465 e. The fraction of sp³-hybridized carbons (Fsp3) is 0.125. The van der Waals surface area contributed by atoms with E-state index in [0.29, 0.717) is 0 Å². The molecule has 2 amide bonds. The first-order valence-corrected chi connectivity index (χ1v) is 6.74. The van der Waals surface area contributed by atoms with Gasteiger partial charge in [0.15, 0.2) is 0 Å². The van der Waals surface area contributed by atoms with Crippen molar-refractivity contribution >= 4 is 35.8 Å². The van der Waals surface area contributed by atoms with E-state index in [1.54, 1.807) is 12.1 Å². The number of rotatable bonds is 3. The van der Waals surface area contributed by atoms with E-state index in [9.17, 15) is 22.8 Å². The number of benzene rings is 2. The number of alkyl halides is 3. The number of hydrogen-bond donors (Lipinski definition) is 2. The Labute approximate surface area is 147 Å². The van der Waals surface area contributed by atoms with Gasteiger partial charge in [-0.1, -0.05) is 12.1 Å². The number of urea groups is 1. The number of carbonyl (C=O) groups excluding carboxylic acids is 2. The standard InChI is InChI=1S/C16H13F3N2O3.ClH/c1-24-14(22)12-4-2-3-5-13(12)21-15(23)20-11-8-6-10(7-9-11)16(17,18)19;/h2-9H,1H3,(H2,20,21,23);1H. The lowest BCUT2D eigenvalue weighted by Gasteiger charge is -2.11. The molecule has 2 rings (SSSR count). The van der Waals surface area contributed by atoms with Gasteiger partial charge in [0.1, 0.15) is 0 Å². The van der Waals surface area contributed by atoms with Crippen LogP contribution in [0.5, 0.6) is 0 Å². The lowest BCUT2D eigenvalue weighted by molar-refractivity contribution is -0.137. The zero-order valence-electron chi connectivity index (χ0n) is 12.9. The highest BCUT2D eigenvalue weighted by molar-refractivity contribution is 6.05. The summed E-state index contributed by atoms with van der Waals surface area (Å²) in [6.45, 7) is 0. The molecule has 2 aromatic rings. The monoisotopic (exact) mass is 374 g/mol. The highest BCUT2D eigenvalue weighted by Gasteiger charge is 2.30. The summed E-state index contributed by atoms with van der Waals surface area (Å²) in [5.74, 6) is -0.625. The lowest BCUT2D eigenvalue weighted by Crippen LogP contribution is -2.21. The largest absolute Gasteiger partial charge is 0.465 e. The third-order valence-electron chi connectivity index (χ3n) is 3.05. The summed E-state index contributed by atoms with van der Waals surface area (Å²) < 4.78 is 42.0. The third kappa shape index (κ3) is 5.39. The van der Waals surface area contributed by atoms with Gasteiger partial charge in [0.25, 0.3) is 0 Å². The first kappa shape index (κ1) is 20.3. The van der Waals surface area contributed by atoms with Crippen molar-refractivity contribution in [3.05, 3.63) is 59.7 Å². The topological polar surface area (TPSA) is 67.4 Å². The van der Waals surface area contributed by atoms with E-state index in [-0.39, 0.29) is 29.3 Å². The van der Waals surface area contributed by atoms with Crippen molar-refractivity contribution in [3.63, 3.8) is 0 Å². The average molecular weight is 375 g/mol. The molecule has 0 heterocycles. The van der Waals surface area contributed by atoms with Crippen LogP contribution in [0.25, 0.3) is 0 Å². The van der Waals surface area contributed by atoms with Crippen molar-refractivity contribution < 1.29 is 27.5 Å². The molecule has 0 fully saturated rings. The molecule has 0 aliphatic heterocycles. The van der Waals surface area contributed by atoms with Gasteiger partial charge < -0.3 is 15.4 Å². The van der Waals surface area contributed by atoms with Crippen LogP contribution in [0, 0.1) is 0 Å². The van der Waals surface area contributed by atoms with Crippen molar-refractivity contribution in [1.82, 2.24) is 0 Å². The molecule has 0 aliphatic rings. The van der Waals surface area contributed by atoms with E-state index < -0.39 is 23.7 Å². The number of para-hydroxylation sites is 1. The van der Waals surface area contributed by atoms with Crippen LogP contribution in [0.2, 0.25) is 0 Å². The maximum absolute atomic E-state index is 12.5. The molecule has 2 aromatic carbocycles. The van der Waals surface area contributed by atoms with Crippen LogP contribution in [0.3, 0.4) is 0 Å².